The van der Waals surface area contributed by atoms with Crippen molar-refractivity contribution in [3.63, 3.8) is 0 Å². The average Bonchev–Trinajstić information content (AvgIpc) is 2.45. The van der Waals surface area contributed by atoms with Gasteiger partial charge in [-0.25, -0.2) is 9.78 Å². The minimum atomic E-state index is -0.489. The highest BCUT2D eigenvalue weighted by molar-refractivity contribution is 5.67. The molecule has 0 aliphatic rings. The molecule has 0 fully saturated rings. The maximum absolute atomic E-state index is 11.2. The number of aryl methyl sites for hydroxylation is 1. The first-order valence-electron chi connectivity index (χ1n) is 4.75. The number of nitrogens with one attached hydrogen (secondary N) is 1. The number of carbonyl (C=O) groups is 1. The fraction of sp³-hybridized carbons (Fsp3) is 0.600. The summed E-state index contributed by atoms with van der Waals surface area (Å²) in [6.45, 7) is 7.46. The largest absolute Gasteiger partial charge is 0.444 e. The molecule has 5 heteroatoms. The Bertz CT molecular complexity index is 339. The third kappa shape index (κ3) is 4.49. The van der Waals surface area contributed by atoms with Crippen LogP contribution in [0.3, 0.4) is 0 Å². The Morgan fingerprint density at radius 3 is 2.73 bits per heavy atom. The zero-order chi connectivity index (χ0) is 11.5. The topological polar surface area (TPSA) is 64.4 Å². The maximum atomic E-state index is 11.2. The van der Waals surface area contributed by atoms with E-state index in [4.69, 9.17) is 9.15 Å². The van der Waals surface area contributed by atoms with E-state index in [0.29, 0.717) is 5.89 Å². The highest BCUT2D eigenvalue weighted by atomic mass is 16.6. The molecule has 1 rings (SSSR count). The van der Waals surface area contributed by atoms with Gasteiger partial charge in [-0.15, -0.1) is 0 Å². The van der Waals surface area contributed by atoms with Crippen LogP contribution in [0, 0.1) is 6.92 Å². The molecular weight excluding hydrogens is 196 g/mol. The summed E-state index contributed by atoms with van der Waals surface area (Å²) in [4.78, 5) is 15.2. The molecule has 0 saturated carbocycles. The van der Waals surface area contributed by atoms with E-state index in [1.165, 1.54) is 0 Å². The van der Waals surface area contributed by atoms with Gasteiger partial charge < -0.3 is 14.5 Å². The molecule has 0 aliphatic heterocycles. The zero-order valence-electron chi connectivity index (χ0n) is 9.46. The van der Waals surface area contributed by atoms with E-state index < -0.39 is 11.7 Å². The predicted octanol–water partition coefficient (Wildman–Crippen LogP) is 2.01. The van der Waals surface area contributed by atoms with E-state index in [1.54, 1.807) is 13.1 Å². The summed E-state index contributed by atoms with van der Waals surface area (Å²) in [6, 6.07) is 0. The van der Waals surface area contributed by atoms with Crippen LogP contribution in [0.2, 0.25) is 0 Å². The van der Waals surface area contributed by atoms with Crippen molar-refractivity contribution in [3.05, 3.63) is 17.8 Å². The molecular formula is C10H16N2O3. The van der Waals surface area contributed by atoms with E-state index in [-0.39, 0.29) is 6.54 Å². The normalized spacial score (nSPS) is 11.2. The second-order valence-electron chi connectivity index (χ2n) is 4.22. The van der Waals surface area contributed by atoms with E-state index in [0.717, 1.165) is 5.76 Å². The number of rotatable bonds is 2. The number of carbonyl (C=O) groups excluding carboxylic acids is 1. The summed E-state index contributed by atoms with van der Waals surface area (Å²) < 4.78 is 10.2. The van der Waals surface area contributed by atoms with Crippen molar-refractivity contribution in [2.75, 3.05) is 0 Å². The first-order chi connectivity index (χ1) is 6.87. The van der Waals surface area contributed by atoms with E-state index in [9.17, 15) is 4.79 Å². The number of nitrogens with zero attached hydrogens (tertiary/aromatic N) is 1. The summed E-state index contributed by atoms with van der Waals surface area (Å²) in [5.74, 6) is 1.19. The van der Waals surface area contributed by atoms with Gasteiger partial charge in [0.15, 0.2) is 0 Å². The quantitative estimate of drug-likeness (QED) is 0.814. The minimum Gasteiger partial charge on any atom is -0.444 e. The Morgan fingerprint density at radius 2 is 2.27 bits per heavy atom. The number of ether oxygens (including phenoxy) is 1. The van der Waals surface area contributed by atoms with E-state index in [2.05, 4.69) is 10.3 Å². The molecule has 1 aromatic heterocycles. The molecule has 0 atom stereocenters. The SMILES string of the molecule is Cc1cnc(CNC(=O)OC(C)(C)C)o1. The molecule has 1 heterocycles. The molecule has 0 saturated heterocycles. The van der Waals surface area contributed by atoms with Crippen LogP contribution in [0.25, 0.3) is 0 Å². The minimum absolute atomic E-state index is 0.239. The van der Waals surface area contributed by atoms with Crippen molar-refractivity contribution in [1.82, 2.24) is 10.3 Å². The van der Waals surface area contributed by atoms with Crippen molar-refractivity contribution in [2.24, 2.45) is 0 Å². The monoisotopic (exact) mass is 212 g/mol. The fourth-order valence-corrected chi connectivity index (χ4v) is 0.945. The van der Waals surface area contributed by atoms with Gasteiger partial charge in [0.25, 0.3) is 0 Å². The molecule has 15 heavy (non-hydrogen) atoms. The third-order valence-electron chi connectivity index (χ3n) is 1.45. The second kappa shape index (κ2) is 4.33. The number of hydrogen-bond acceptors (Lipinski definition) is 4. The number of oxazole rings is 1. The molecule has 1 N–H and O–H groups in total. The Balaban J connectivity index is 2.35. The molecule has 1 amide bonds. The zero-order valence-corrected chi connectivity index (χ0v) is 9.46. The highest BCUT2D eigenvalue weighted by Crippen LogP contribution is 2.07. The highest BCUT2D eigenvalue weighted by Gasteiger charge is 2.16. The summed E-state index contributed by atoms with van der Waals surface area (Å²) in [5.41, 5.74) is -0.489. The van der Waals surface area contributed by atoms with Gasteiger partial charge in [0.1, 0.15) is 11.4 Å². The average molecular weight is 212 g/mol. The molecule has 0 unspecified atom stereocenters. The predicted molar refractivity (Wildman–Crippen MR) is 54.3 cm³/mol. The van der Waals surface area contributed by atoms with Gasteiger partial charge in [-0.2, -0.15) is 0 Å². The van der Waals surface area contributed by atoms with Crippen LogP contribution in [0.5, 0.6) is 0 Å². The first kappa shape index (κ1) is 11.6. The Morgan fingerprint density at radius 1 is 1.60 bits per heavy atom. The summed E-state index contributed by atoms with van der Waals surface area (Å²) >= 11 is 0. The maximum Gasteiger partial charge on any atom is 0.408 e. The van der Waals surface area contributed by atoms with Gasteiger partial charge in [-0.05, 0) is 27.7 Å². The first-order valence-corrected chi connectivity index (χ1v) is 4.75. The molecule has 5 nitrogen and oxygen atoms in total. The smallest absolute Gasteiger partial charge is 0.408 e. The molecule has 0 aromatic carbocycles. The van der Waals surface area contributed by atoms with Crippen LogP contribution in [0.4, 0.5) is 4.79 Å². The molecule has 84 valence electrons. The lowest BCUT2D eigenvalue weighted by atomic mass is 10.2. The summed E-state index contributed by atoms with van der Waals surface area (Å²) in [7, 11) is 0. The van der Waals surface area contributed by atoms with Crippen molar-refractivity contribution >= 4 is 6.09 Å². The lowest BCUT2D eigenvalue weighted by Gasteiger charge is -2.19. The standard InChI is InChI=1S/C10H16N2O3/c1-7-5-11-8(14-7)6-12-9(13)15-10(2,3)4/h5H,6H2,1-4H3,(H,12,13). The van der Waals surface area contributed by atoms with Crippen LogP contribution in [0.15, 0.2) is 10.6 Å². The van der Waals surface area contributed by atoms with Crippen molar-refractivity contribution in [2.45, 2.75) is 39.8 Å². The number of amides is 1. The summed E-state index contributed by atoms with van der Waals surface area (Å²) in [6.07, 6.45) is 1.13. The molecule has 0 aliphatic carbocycles. The van der Waals surface area contributed by atoms with Gasteiger partial charge in [-0.3, -0.25) is 0 Å². The summed E-state index contributed by atoms with van der Waals surface area (Å²) in [5, 5.41) is 2.55. The van der Waals surface area contributed by atoms with Gasteiger partial charge >= 0.3 is 6.09 Å². The van der Waals surface area contributed by atoms with E-state index in [1.807, 2.05) is 20.8 Å². The number of aromatic nitrogens is 1. The van der Waals surface area contributed by atoms with Crippen molar-refractivity contribution < 1.29 is 13.9 Å². The van der Waals surface area contributed by atoms with Gasteiger partial charge in [0.05, 0.1) is 12.7 Å². The van der Waals surface area contributed by atoms with Gasteiger partial charge in [0.2, 0.25) is 5.89 Å². The van der Waals surface area contributed by atoms with Crippen LogP contribution < -0.4 is 5.32 Å². The van der Waals surface area contributed by atoms with Crippen molar-refractivity contribution in [3.8, 4) is 0 Å². The lowest BCUT2D eigenvalue weighted by Crippen LogP contribution is -2.32. The second-order valence-corrected chi connectivity index (χ2v) is 4.22. The Labute approximate surface area is 88.8 Å². The molecule has 0 spiro atoms. The van der Waals surface area contributed by atoms with Crippen LogP contribution in [0.1, 0.15) is 32.4 Å². The van der Waals surface area contributed by atoms with Gasteiger partial charge in [-0.1, -0.05) is 0 Å². The molecule has 0 bridgehead atoms. The van der Waals surface area contributed by atoms with Crippen LogP contribution in [-0.2, 0) is 11.3 Å². The van der Waals surface area contributed by atoms with Crippen molar-refractivity contribution in [1.29, 1.82) is 0 Å². The van der Waals surface area contributed by atoms with Crippen LogP contribution in [-0.4, -0.2) is 16.7 Å². The third-order valence-corrected chi connectivity index (χ3v) is 1.45. The Hall–Kier alpha value is -1.52. The fourth-order valence-electron chi connectivity index (χ4n) is 0.945. The van der Waals surface area contributed by atoms with Gasteiger partial charge in [0, 0.05) is 0 Å². The van der Waals surface area contributed by atoms with E-state index >= 15 is 0 Å². The molecule has 1 aromatic rings. The Kier molecular flexibility index (Phi) is 3.34. The number of alkyl carbamates (subject to hydrolysis) is 1. The lowest BCUT2D eigenvalue weighted by molar-refractivity contribution is 0.0518. The van der Waals surface area contributed by atoms with Crippen LogP contribution >= 0.6 is 0 Å². The number of hydrogen-bond donors (Lipinski definition) is 1. The molecule has 0 radical (unpaired) electrons.